The van der Waals surface area contributed by atoms with Crippen molar-refractivity contribution < 1.29 is 27.5 Å². The topological polar surface area (TPSA) is 69.0 Å². The van der Waals surface area contributed by atoms with Gasteiger partial charge in [-0.15, -0.1) is 0 Å². The average molecular weight is 447 g/mol. The summed E-state index contributed by atoms with van der Waals surface area (Å²) >= 11 is 0. The van der Waals surface area contributed by atoms with Crippen LogP contribution in [0.1, 0.15) is 33.3 Å². The average Bonchev–Trinajstić information content (AvgIpc) is 3.38. The third kappa shape index (κ3) is 3.06. The molecule has 1 atom stereocenters. The first kappa shape index (κ1) is 19.5. The second-order valence-corrected chi connectivity index (χ2v) is 7.89. The molecule has 1 aromatic heterocycles. The van der Waals surface area contributed by atoms with Crippen LogP contribution in [0.2, 0.25) is 0 Å². The molecule has 0 fully saturated rings. The van der Waals surface area contributed by atoms with E-state index in [1.807, 2.05) is 0 Å². The van der Waals surface area contributed by atoms with Crippen LogP contribution in [0.15, 0.2) is 69.9 Å². The normalized spacial score (nSPS) is 16.5. The molecule has 33 heavy (non-hydrogen) atoms. The van der Waals surface area contributed by atoms with Crippen LogP contribution in [0.3, 0.4) is 0 Å². The van der Waals surface area contributed by atoms with Gasteiger partial charge < -0.3 is 18.8 Å². The zero-order valence-corrected chi connectivity index (χ0v) is 17.0. The van der Waals surface area contributed by atoms with Gasteiger partial charge in [0, 0.05) is 6.54 Å². The molecule has 0 spiro atoms. The molecule has 3 heterocycles. The van der Waals surface area contributed by atoms with Gasteiger partial charge in [0.2, 0.25) is 12.6 Å². The van der Waals surface area contributed by atoms with Gasteiger partial charge in [0.05, 0.1) is 17.0 Å². The molecule has 2 aliphatic heterocycles. The summed E-state index contributed by atoms with van der Waals surface area (Å²) in [7, 11) is 0. The SMILES string of the molecule is O=C1c2oc3ccc(F)cc3c(=O)c2[C@@H](c2ccc(F)cc2)N1Cc1ccc2c(c1)OCO2. The van der Waals surface area contributed by atoms with E-state index in [2.05, 4.69) is 0 Å². The molecule has 0 bridgehead atoms. The molecule has 0 N–H and O–H groups in total. The van der Waals surface area contributed by atoms with Gasteiger partial charge >= 0.3 is 0 Å². The maximum atomic E-state index is 13.9. The lowest BCUT2D eigenvalue weighted by Crippen LogP contribution is -2.29. The van der Waals surface area contributed by atoms with Gasteiger partial charge in [0.15, 0.2) is 16.9 Å². The number of halogens is 2. The van der Waals surface area contributed by atoms with E-state index in [-0.39, 0.29) is 35.6 Å². The van der Waals surface area contributed by atoms with Gasteiger partial charge in [0.25, 0.3) is 5.91 Å². The van der Waals surface area contributed by atoms with Gasteiger partial charge in [-0.3, -0.25) is 9.59 Å². The number of ether oxygens (including phenoxy) is 2. The van der Waals surface area contributed by atoms with E-state index in [0.717, 1.165) is 11.6 Å². The first-order valence-corrected chi connectivity index (χ1v) is 10.2. The number of amides is 1. The second kappa shape index (κ2) is 7.16. The molecular weight excluding hydrogens is 432 g/mol. The Bertz CT molecular complexity index is 1500. The quantitative estimate of drug-likeness (QED) is 0.461. The predicted molar refractivity (Wildman–Crippen MR) is 113 cm³/mol. The smallest absolute Gasteiger partial charge is 0.291 e. The molecule has 6 nitrogen and oxygen atoms in total. The fraction of sp³-hybridized carbons (Fsp3) is 0.120. The number of carbonyl (C=O) groups excluding carboxylic acids is 1. The van der Waals surface area contributed by atoms with Gasteiger partial charge in [-0.1, -0.05) is 18.2 Å². The van der Waals surface area contributed by atoms with E-state index in [9.17, 15) is 18.4 Å². The summed E-state index contributed by atoms with van der Waals surface area (Å²) in [5.41, 5.74) is 1.01. The molecule has 4 aromatic rings. The minimum atomic E-state index is -0.831. The summed E-state index contributed by atoms with van der Waals surface area (Å²) < 4.78 is 44.0. The highest BCUT2D eigenvalue weighted by atomic mass is 19.1. The van der Waals surface area contributed by atoms with Crippen molar-refractivity contribution in [3.05, 3.63) is 105 Å². The zero-order valence-electron chi connectivity index (χ0n) is 17.0. The van der Waals surface area contributed by atoms with Crippen molar-refractivity contribution in [2.45, 2.75) is 12.6 Å². The van der Waals surface area contributed by atoms with E-state index in [4.69, 9.17) is 13.9 Å². The maximum Gasteiger partial charge on any atom is 0.291 e. The Morgan fingerprint density at radius 3 is 2.45 bits per heavy atom. The van der Waals surface area contributed by atoms with Crippen LogP contribution in [0.25, 0.3) is 11.0 Å². The summed E-state index contributed by atoms with van der Waals surface area (Å²) in [6.07, 6.45) is 0. The number of benzene rings is 3. The molecule has 6 rings (SSSR count). The largest absolute Gasteiger partial charge is 0.454 e. The highest BCUT2D eigenvalue weighted by Crippen LogP contribution is 2.40. The van der Waals surface area contributed by atoms with Gasteiger partial charge in [-0.05, 0) is 53.6 Å². The van der Waals surface area contributed by atoms with Crippen LogP contribution in [-0.2, 0) is 6.54 Å². The summed E-state index contributed by atoms with van der Waals surface area (Å²) in [4.78, 5) is 28.3. The lowest BCUT2D eigenvalue weighted by molar-refractivity contribution is 0.0714. The van der Waals surface area contributed by atoms with Crippen LogP contribution in [0.4, 0.5) is 8.78 Å². The van der Waals surface area contributed by atoms with Crippen molar-refractivity contribution in [1.82, 2.24) is 4.90 Å². The van der Waals surface area contributed by atoms with Crippen molar-refractivity contribution >= 4 is 16.9 Å². The van der Waals surface area contributed by atoms with E-state index in [0.29, 0.717) is 17.1 Å². The predicted octanol–water partition coefficient (Wildman–Crippen LogP) is 4.55. The van der Waals surface area contributed by atoms with Crippen molar-refractivity contribution in [2.75, 3.05) is 6.79 Å². The monoisotopic (exact) mass is 447 g/mol. The van der Waals surface area contributed by atoms with Gasteiger partial charge in [0.1, 0.15) is 17.2 Å². The second-order valence-electron chi connectivity index (χ2n) is 7.89. The number of nitrogens with zero attached hydrogens (tertiary/aromatic N) is 1. The Morgan fingerprint density at radius 1 is 0.879 bits per heavy atom. The Balaban J connectivity index is 1.52. The number of rotatable bonds is 3. The van der Waals surface area contributed by atoms with E-state index >= 15 is 0 Å². The number of hydrogen-bond donors (Lipinski definition) is 0. The zero-order chi connectivity index (χ0) is 22.7. The molecule has 164 valence electrons. The standard InChI is InChI=1S/C25H15F2NO5/c26-15-4-2-14(3-5-15)22-21-23(29)17-10-16(27)6-8-18(17)33-24(21)25(30)28(22)11-13-1-7-19-20(9-13)32-12-31-19/h1-10,22H,11-12H2/t22-/m1/s1. The molecule has 1 amide bonds. The third-order valence-electron chi connectivity index (χ3n) is 5.90. The van der Waals surface area contributed by atoms with E-state index in [1.165, 1.54) is 41.3 Å². The number of fused-ring (bicyclic) bond motifs is 3. The summed E-state index contributed by atoms with van der Waals surface area (Å²) in [6, 6.07) is 13.6. The van der Waals surface area contributed by atoms with Crippen molar-refractivity contribution in [2.24, 2.45) is 0 Å². The van der Waals surface area contributed by atoms with Crippen molar-refractivity contribution in [1.29, 1.82) is 0 Å². The fourth-order valence-electron chi connectivity index (χ4n) is 4.38. The Kier molecular flexibility index (Phi) is 4.23. The fourth-order valence-corrected chi connectivity index (χ4v) is 4.38. The van der Waals surface area contributed by atoms with Crippen LogP contribution in [0.5, 0.6) is 11.5 Å². The molecule has 3 aromatic carbocycles. The number of hydrogen-bond acceptors (Lipinski definition) is 5. The first-order valence-electron chi connectivity index (χ1n) is 10.2. The minimum Gasteiger partial charge on any atom is -0.454 e. The van der Waals surface area contributed by atoms with Crippen LogP contribution in [-0.4, -0.2) is 17.6 Å². The maximum absolute atomic E-state index is 13.9. The lowest BCUT2D eigenvalue weighted by Gasteiger charge is -2.25. The molecule has 2 aliphatic rings. The lowest BCUT2D eigenvalue weighted by atomic mass is 9.98. The first-order chi connectivity index (χ1) is 16.0. The Labute approximate surface area is 185 Å². The molecule has 0 aliphatic carbocycles. The van der Waals surface area contributed by atoms with Crippen molar-refractivity contribution in [3.63, 3.8) is 0 Å². The summed E-state index contributed by atoms with van der Waals surface area (Å²) in [5.74, 6) is -0.456. The third-order valence-corrected chi connectivity index (χ3v) is 5.90. The van der Waals surface area contributed by atoms with Crippen LogP contribution < -0.4 is 14.9 Å². The van der Waals surface area contributed by atoms with Gasteiger partial charge in [-0.2, -0.15) is 0 Å². The molecule has 0 radical (unpaired) electrons. The number of carbonyl (C=O) groups is 1. The van der Waals surface area contributed by atoms with Crippen molar-refractivity contribution in [3.8, 4) is 11.5 Å². The highest BCUT2D eigenvalue weighted by molar-refractivity contribution is 5.99. The van der Waals surface area contributed by atoms with E-state index in [1.54, 1.807) is 18.2 Å². The minimum absolute atomic E-state index is 0.0404. The summed E-state index contributed by atoms with van der Waals surface area (Å²) in [6.45, 7) is 0.249. The Morgan fingerprint density at radius 2 is 1.64 bits per heavy atom. The molecule has 0 unspecified atom stereocenters. The van der Waals surface area contributed by atoms with Crippen LogP contribution in [0, 0.1) is 11.6 Å². The molecule has 8 heteroatoms. The van der Waals surface area contributed by atoms with E-state index < -0.39 is 29.0 Å². The van der Waals surface area contributed by atoms with Gasteiger partial charge in [-0.25, -0.2) is 8.78 Å². The molecule has 0 saturated carbocycles. The summed E-state index contributed by atoms with van der Waals surface area (Å²) in [5, 5.41) is 0.0404. The molecular formula is C25H15F2NO5. The highest BCUT2D eigenvalue weighted by Gasteiger charge is 2.42. The van der Waals surface area contributed by atoms with Crippen LogP contribution >= 0.6 is 0 Å². The Hall–Kier alpha value is -4.20. The molecule has 0 saturated heterocycles.